The molecule has 0 aliphatic carbocycles. The average Bonchev–Trinajstić information content (AvgIpc) is 2.49. The highest BCUT2D eigenvalue weighted by atomic mass is 35.5. The third kappa shape index (κ3) is 3.21. The van der Waals surface area contributed by atoms with Crippen molar-refractivity contribution >= 4 is 29.7 Å². The van der Waals surface area contributed by atoms with Crippen molar-refractivity contribution in [3.8, 4) is 11.5 Å². The van der Waals surface area contributed by atoms with Crippen LogP contribution in [0.1, 0.15) is 10.4 Å². The van der Waals surface area contributed by atoms with Gasteiger partial charge in [0.05, 0.1) is 9.95 Å². The van der Waals surface area contributed by atoms with Gasteiger partial charge in [-0.1, -0.05) is 29.8 Å². The SMILES string of the molecule is O=[C]Oc1cccc([N+](=O)[O-])c1C(=O)Oc1ccccc1Cl. The number of halogens is 1. The van der Waals surface area contributed by atoms with Gasteiger partial charge in [-0.2, -0.15) is 0 Å². The van der Waals surface area contributed by atoms with E-state index >= 15 is 0 Å². The van der Waals surface area contributed by atoms with Crippen molar-refractivity contribution in [2.24, 2.45) is 0 Å². The van der Waals surface area contributed by atoms with Gasteiger partial charge in [-0.05, 0) is 18.2 Å². The van der Waals surface area contributed by atoms with Crippen LogP contribution in [0.15, 0.2) is 42.5 Å². The maximum absolute atomic E-state index is 12.2. The summed E-state index contributed by atoms with van der Waals surface area (Å²) in [6.07, 6.45) is 0. The van der Waals surface area contributed by atoms with E-state index in [1.54, 1.807) is 12.1 Å². The molecule has 7 nitrogen and oxygen atoms in total. The van der Waals surface area contributed by atoms with Crippen LogP contribution in [0, 0.1) is 10.1 Å². The number of hydrogen-bond donors (Lipinski definition) is 0. The smallest absolute Gasteiger partial charge is 0.421 e. The number of carbonyl (C=O) groups is 1. The monoisotopic (exact) mass is 320 g/mol. The first-order chi connectivity index (χ1) is 10.5. The van der Waals surface area contributed by atoms with Crippen molar-refractivity contribution in [1.82, 2.24) is 0 Å². The van der Waals surface area contributed by atoms with Crippen molar-refractivity contribution in [1.29, 1.82) is 0 Å². The molecule has 0 unspecified atom stereocenters. The van der Waals surface area contributed by atoms with E-state index < -0.39 is 22.1 Å². The Morgan fingerprint density at radius 2 is 1.82 bits per heavy atom. The molecule has 2 aromatic rings. The molecule has 0 heterocycles. The molecule has 8 heteroatoms. The molecular formula is C14H7ClNO6. The van der Waals surface area contributed by atoms with Crippen molar-refractivity contribution in [3.05, 3.63) is 63.2 Å². The van der Waals surface area contributed by atoms with E-state index in [-0.39, 0.29) is 16.5 Å². The van der Waals surface area contributed by atoms with Gasteiger partial charge in [-0.15, -0.1) is 0 Å². The normalized spacial score (nSPS) is 9.86. The number of carbonyl (C=O) groups excluding carboxylic acids is 2. The Kier molecular flexibility index (Phi) is 4.70. The molecule has 0 saturated heterocycles. The molecule has 0 aliphatic rings. The highest BCUT2D eigenvalue weighted by Gasteiger charge is 2.27. The highest BCUT2D eigenvalue weighted by Crippen LogP contribution is 2.31. The molecule has 0 bridgehead atoms. The zero-order valence-electron chi connectivity index (χ0n) is 10.8. The Labute approximate surface area is 129 Å². The van der Waals surface area contributed by atoms with Gasteiger partial charge < -0.3 is 9.47 Å². The van der Waals surface area contributed by atoms with Gasteiger partial charge in [0.15, 0.2) is 11.3 Å². The molecule has 0 spiro atoms. The number of rotatable bonds is 5. The Hall–Kier alpha value is -2.93. The van der Waals surface area contributed by atoms with E-state index in [1.165, 1.54) is 24.3 Å². The lowest BCUT2D eigenvalue weighted by atomic mass is 10.1. The lowest BCUT2D eigenvalue weighted by Gasteiger charge is -2.08. The quantitative estimate of drug-likeness (QED) is 0.364. The number of benzene rings is 2. The van der Waals surface area contributed by atoms with E-state index in [1.807, 2.05) is 0 Å². The van der Waals surface area contributed by atoms with Gasteiger partial charge in [0, 0.05) is 6.07 Å². The van der Waals surface area contributed by atoms with Gasteiger partial charge in [0.1, 0.15) is 5.75 Å². The maximum atomic E-state index is 12.2. The topological polar surface area (TPSA) is 95.7 Å². The number of esters is 1. The van der Waals surface area contributed by atoms with Crippen molar-refractivity contribution in [2.45, 2.75) is 0 Å². The summed E-state index contributed by atoms with van der Waals surface area (Å²) >= 11 is 5.85. The molecular weight excluding hydrogens is 314 g/mol. The lowest BCUT2D eigenvalue weighted by Crippen LogP contribution is -2.13. The predicted octanol–water partition coefficient (Wildman–Crippen LogP) is 2.91. The van der Waals surface area contributed by atoms with Crippen LogP contribution in [0.3, 0.4) is 0 Å². The summed E-state index contributed by atoms with van der Waals surface area (Å²) in [5.41, 5.74) is -1.07. The maximum Gasteiger partial charge on any atom is 0.423 e. The third-order valence-corrected chi connectivity index (χ3v) is 2.91. The first-order valence-corrected chi connectivity index (χ1v) is 6.20. The van der Waals surface area contributed by atoms with Crippen LogP contribution in [0.25, 0.3) is 0 Å². The lowest BCUT2D eigenvalue weighted by molar-refractivity contribution is -0.385. The molecule has 2 aromatic carbocycles. The van der Waals surface area contributed by atoms with E-state index in [9.17, 15) is 19.7 Å². The Balaban J connectivity index is 2.45. The third-order valence-electron chi connectivity index (χ3n) is 2.60. The van der Waals surface area contributed by atoms with Gasteiger partial charge in [0.2, 0.25) is 0 Å². The van der Waals surface area contributed by atoms with Crippen LogP contribution in [-0.2, 0) is 4.79 Å². The fourth-order valence-electron chi connectivity index (χ4n) is 1.69. The molecule has 1 radical (unpaired) electrons. The number of para-hydroxylation sites is 1. The first kappa shape index (κ1) is 15.5. The Bertz CT molecular complexity index is 746. The predicted molar refractivity (Wildman–Crippen MR) is 75.8 cm³/mol. The fourth-order valence-corrected chi connectivity index (χ4v) is 1.86. The summed E-state index contributed by atoms with van der Waals surface area (Å²) in [5.74, 6) is -1.39. The summed E-state index contributed by atoms with van der Waals surface area (Å²) in [5, 5.41) is 11.2. The highest BCUT2D eigenvalue weighted by molar-refractivity contribution is 6.32. The summed E-state index contributed by atoms with van der Waals surface area (Å²) in [6.45, 7) is 1.11. The van der Waals surface area contributed by atoms with Crippen LogP contribution < -0.4 is 9.47 Å². The average molecular weight is 321 g/mol. The largest absolute Gasteiger partial charge is 0.423 e. The standard InChI is InChI=1S/C14H7ClNO6/c15-9-4-1-2-6-11(9)22-14(18)13-10(16(19)20)5-3-7-12(13)21-8-17/h1-7H. The molecule has 0 atom stereocenters. The number of nitro benzene ring substituents is 1. The molecule has 111 valence electrons. The molecule has 2 rings (SSSR count). The van der Waals surface area contributed by atoms with Crippen LogP contribution in [0.5, 0.6) is 11.5 Å². The van der Waals surface area contributed by atoms with E-state index in [0.717, 1.165) is 12.5 Å². The second-order valence-electron chi connectivity index (χ2n) is 3.91. The summed E-state index contributed by atoms with van der Waals surface area (Å²) in [4.78, 5) is 32.8. The second kappa shape index (κ2) is 6.68. The number of nitro groups is 1. The summed E-state index contributed by atoms with van der Waals surface area (Å²) in [7, 11) is 0. The van der Waals surface area contributed by atoms with Crippen LogP contribution in [0.4, 0.5) is 5.69 Å². The van der Waals surface area contributed by atoms with Gasteiger partial charge in [0.25, 0.3) is 5.69 Å². The molecule has 0 saturated carbocycles. The minimum Gasteiger partial charge on any atom is -0.421 e. The number of hydrogen-bond acceptors (Lipinski definition) is 6. The fraction of sp³-hybridized carbons (Fsp3) is 0. The van der Waals surface area contributed by atoms with Gasteiger partial charge in [-0.3, -0.25) is 10.1 Å². The van der Waals surface area contributed by atoms with E-state index in [0.29, 0.717) is 0 Å². The zero-order chi connectivity index (χ0) is 16.1. The van der Waals surface area contributed by atoms with Gasteiger partial charge in [-0.25, -0.2) is 9.59 Å². The minimum atomic E-state index is -1.08. The molecule has 0 fully saturated rings. The Morgan fingerprint density at radius 3 is 2.45 bits per heavy atom. The summed E-state index contributed by atoms with van der Waals surface area (Å²) in [6, 6.07) is 9.66. The molecule has 0 aromatic heterocycles. The summed E-state index contributed by atoms with van der Waals surface area (Å²) < 4.78 is 9.50. The molecule has 22 heavy (non-hydrogen) atoms. The van der Waals surface area contributed by atoms with Crippen LogP contribution in [-0.4, -0.2) is 17.4 Å². The van der Waals surface area contributed by atoms with E-state index in [2.05, 4.69) is 4.74 Å². The Morgan fingerprint density at radius 1 is 1.14 bits per heavy atom. The van der Waals surface area contributed by atoms with Crippen molar-refractivity contribution < 1.29 is 24.0 Å². The zero-order valence-corrected chi connectivity index (χ0v) is 11.6. The molecule has 0 amide bonds. The number of ether oxygens (including phenoxy) is 2. The van der Waals surface area contributed by atoms with Crippen molar-refractivity contribution in [3.63, 3.8) is 0 Å². The van der Waals surface area contributed by atoms with E-state index in [4.69, 9.17) is 16.3 Å². The first-order valence-electron chi connectivity index (χ1n) is 5.82. The second-order valence-corrected chi connectivity index (χ2v) is 4.32. The molecule has 0 aliphatic heterocycles. The van der Waals surface area contributed by atoms with Crippen molar-refractivity contribution in [2.75, 3.05) is 0 Å². The number of nitrogens with zero attached hydrogens (tertiary/aromatic N) is 1. The van der Waals surface area contributed by atoms with Gasteiger partial charge >= 0.3 is 12.4 Å². The van der Waals surface area contributed by atoms with Crippen LogP contribution in [0.2, 0.25) is 5.02 Å². The minimum absolute atomic E-state index is 0.0216. The molecule has 0 N–H and O–H groups in total. The van der Waals surface area contributed by atoms with Crippen LogP contribution >= 0.6 is 11.6 Å².